The highest BCUT2D eigenvalue weighted by Crippen LogP contribution is 2.36. The number of pyridine rings is 3. The maximum Gasteiger partial charge on any atom is 0.345 e. The molecule has 0 bridgehead atoms. The van der Waals surface area contributed by atoms with Crippen molar-refractivity contribution < 1.29 is 41.9 Å². The summed E-state index contributed by atoms with van der Waals surface area (Å²) in [5.41, 5.74) is 3.77. The van der Waals surface area contributed by atoms with Crippen molar-refractivity contribution >= 4 is 141 Å². The van der Waals surface area contributed by atoms with Gasteiger partial charge in [0, 0.05) is 132 Å². The molecule has 3 amide bonds. The number of aryl methyl sites for hydroxylation is 3. The van der Waals surface area contributed by atoms with Gasteiger partial charge in [0.2, 0.25) is 10.0 Å². The molecular weight excluding hydrogens is 1320 g/mol. The molecule has 3 aliphatic rings. The van der Waals surface area contributed by atoms with Gasteiger partial charge in [0.25, 0.3) is 34.4 Å². The van der Waals surface area contributed by atoms with Crippen LogP contribution in [0.5, 0.6) is 0 Å². The number of carbonyl (C=O) groups excluding carboxylic acids is 5. The van der Waals surface area contributed by atoms with Gasteiger partial charge in [-0.1, -0.05) is 95.5 Å². The van der Waals surface area contributed by atoms with Crippen LogP contribution in [0.4, 0.5) is 22.7 Å². The van der Waals surface area contributed by atoms with E-state index in [2.05, 4.69) is 4.72 Å². The van der Waals surface area contributed by atoms with E-state index in [9.17, 15) is 46.8 Å². The lowest BCUT2D eigenvalue weighted by Crippen LogP contribution is -2.49. The number of para-hydroxylation sites is 3. The van der Waals surface area contributed by atoms with Crippen LogP contribution in [0.25, 0.3) is 32.7 Å². The summed E-state index contributed by atoms with van der Waals surface area (Å²) in [6.07, 6.45) is 1.03. The maximum atomic E-state index is 13.1. The number of aromatic nitrogens is 3. The second-order valence-corrected chi connectivity index (χ2v) is 26.5. The van der Waals surface area contributed by atoms with E-state index in [1.165, 1.54) is 25.0 Å². The molecule has 12 rings (SSSR count). The van der Waals surface area contributed by atoms with E-state index in [0.717, 1.165) is 33.4 Å². The number of ether oxygens (including phenoxy) is 2. The van der Waals surface area contributed by atoms with E-state index in [0.29, 0.717) is 132 Å². The molecule has 7 heterocycles. The number of anilines is 4. The van der Waals surface area contributed by atoms with Crippen LogP contribution in [0.15, 0.2) is 147 Å². The number of esters is 2. The first-order chi connectivity index (χ1) is 45.5. The molecule has 27 heteroatoms. The first-order valence-electron chi connectivity index (χ1n) is 30.6. The Balaban J connectivity index is 0.000000155. The summed E-state index contributed by atoms with van der Waals surface area (Å²) in [7, 11) is 1.27. The molecule has 9 aromatic rings. The molecule has 3 saturated heterocycles. The summed E-state index contributed by atoms with van der Waals surface area (Å²) in [6, 6.07) is 37.7. The highest BCUT2D eigenvalue weighted by Gasteiger charge is 2.33. The normalized spacial score (nSPS) is 14.2. The molecule has 5 aromatic carbocycles. The van der Waals surface area contributed by atoms with Crippen LogP contribution in [0.2, 0.25) is 15.1 Å². The number of benzene rings is 5. The third kappa shape index (κ3) is 14.7. The first-order valence-corrected chi connectivity index (χ1v) is 34.5. The summed E-state index contributed by atoms with van der Waals surface area (Å²) in [5.74, 6) is -1.50. The number of rotatable bonds is 12. The second kappa shape index (κ2) is 29.6. The maximum absolute atomic E-state index is 13.1. The number of hydrogen-bond acceptors (Lipinski definition) is 16. The summed E-state index contributed by atoms with van der Waals surface area (Å²) in [6.45, 7) is 9.38. The van der Waals surface area contributed by atoms with Gasteiger partial charge in [0.15, 0.2) is 0 Å². The Hall–Kier alpha value is -9.20. The summed E-state index contributed by atoms with van der Waals surface area (Å²) >= 11 is 19.4. The molecule has 4 aromatic heterocycles. The van der Waals surface area contributed by atoms with E-state index < -0.39 is 38.6 Å². The number of hydrogen-bond donors (Lipinski definition) is 1. The summed E-state index contributed by atoms with van der Waals surface area (Å²) < 4.78 is 41.2. The first kappa shape index (κ1) is 68.7. The fourth-order valence-corrected chi connectivity index (χ4v) is 13.7. The molecule has 0 aliphatic carbocycles. The molecule has 0 radical (unpaired) electrons. The highest BCUT2D eigenvalue weighted by molar-refractivity contribution is 7.92. The van der Waals surface area contributed by atoms with E-state index in [1.54, 1.807) is 92.2 Å². The van der Waals surface area contributed by atoms with E-state index >= 15 is 0 Å². The van der Waals surface area contributed by atoms with Crippen LogP contribution in [-0.4, -0.2) is 164 Å². The molecule has 0 atom stereocenters. The number of carbonyl (C=O) groups is 5. The quantitative estimate of drug-likeness (QED) is 0.112. The van der Waals surface area contributed by atoms with Gasteiger partial charge in [-0.15, -0.1) is 11.3 Å². The lowest BCUT2D eigenvalue weighted by molar-refractivity contribution is 0.0514. The molecule has 1 N–H and O–H groups in total. The minimum absolute atomic E-state index is 0.00651. The molecule has 496 valence electrons. The van der Waals surface area contributed by atoms with Gasteiger partial charge in [-0.05, 0) is 86.0 Å². The zero-order valence-electron chi connectivity index (χ0n) is 53.0. The predicted molar refractivity (Wildman–Crippen MR) is 375 cm³/mol. The SMILES string of the molecule is CCOC(=O)c1c(N2CCN(C(=O)c3ccc(Cl)c(Cl)c3)CC2)c2ccccc2n(C)c1=O.CCOC(=O)c1c(N2CCN(C(=O)c3ccc(Cl)cc3)CC2)c2ccccc2n(C)c1=O.Cn1c(=O)c(NS(C)(=O)=O)c(N2CCN(C(=O)c3cccs3)CC2)c2ccccc21. The number of nitrogens with one attached hydrogen (secondary N) is 1. The molecule has 0 saturated carbocycles. The molecule has 0 unspecified atom stereocenters. The Labute approximate surface area is 566 Å². The Bertz CT molecular complexity index is 4730. The van der Waals surface area contributed by atoms with Crippen LogP contribution in [0.3, 0.4) is 0 Å². The van der Waals surface area contributed by atoms with E-state index in [1.807, 2.05) is 105 Å². The Morgan fingerprint density at radius 2 is 0.863 bits per heavy atom. The number of nitrogens with zero attached hydrogens (tertiary/aromatic N) is 9. The summed E-state index contributed by atoms with van der Waals surface area (Å²) in [4.78, 5) is 115. The van der Waals surface area contributed by atoms with Gasteiger partial charge in [0.1, 0.15) is 16.8 Å². The zero-order valence-corrected chi connectivity index (χ0v) is 56.9. The highest BCUT2D eigenvalue weighted by atomic mass is 35.5. The molecule has 95 heavy (non-hydrogen) atoms. The van der Waals surface area contributed by atoms with Gasteiger partial charge >= 0.3 is 11.9 Å². The van der Waals surface area contributed by atoms with Gasteiger partial charge in [0.05, 0.1) is 68.0 Å². The van der Waals surface area contributed by atoms with Gasteiger partial charge < -0.3 is 52.6 Å². The standard InChI is InChI=1S/C24H23Cl2N3O4.C24H24ClN3O4.C20H22N4O4S2/c1-3-33-24(32)20-21(16-6-4-5-7-19(16)27(2)23(20)31)28-10-12-29(13-11-28)22(30)15-8-9-17(25)18(26)14-15;1-3-32-24(31)20-21(18-6-4-5-7-19(18)26(2)23(20)30)27-12-14-28(15-13-27)22(29)16-8-10-17(25)11-9-16;1-22-15-7-4-3-6-14(15)18(17(20(22)26)21-30(2,27)28)23-9-11-24(12-10-23)19(25)16-8-5-13-29-16/h4-9,14H,3,10-13H2,1-2H3;4-11H,3,12-15H2,1-2H3;3-8,13,21H,9-12H2,1-2H3. The Morgan fingerprint density at radius 1 is 0.474 bits per heavy atom. The number of thiophene rings is 1. The van der Waals surface area contributed by atoms with Crippen LogP contribution in [-0.2, 0) is 40.6 Å². The molecule has 0 spiro atoms. The second-order valence-electron chi connectivity index (χ2n) is 22.6. The third-order valence-corrected chi connectivity index (χ3v) is 19.1. The van der Waals surface area contributed by atoms with Crippen LogP contribution < -0.4 is 36.1 Å². The van der Waals surface area contributed by atoms with Gasteiger partial charge in [-0.25, -0.2) is 18.0 Å². The van der Waals surface area contributed by atoms with Gasteiger partial charge in [-0.3, -0.25) is 33.5 Å². The minimum Gasteiger partial charge on any atom is -0.462 e. The number of amides is 3. The molecule has 3 fully saturated rings. The van der Waals surface area contributed by atoms with Crippen molar-refractivity contribution in [3.05, 3.63) is 206 Å². The third-order valence-electron chi connectivity index (χ3n) is 16.7. The lowest BCUT2D eigenvalue weighted by atomic mass is 10.1. The van der Waals surface area contributed by atoms with Crippen molar-refractivity contribution in [2.45, 2.75) is 13.8 Å². The van der Waals surface area contributed by atoms with Crippen LogP contribution >= 0.6 is 46.1 Å². The smallest absolute Gasteiger partial charge is 0.345 e. The van der Waals surface area contributed by atoms with Crippen molar-refractivity contribution in [2.24, 2.45) is 21.1 Å². The number of piperazine rings is 3. The zero-order chi connectivity index (χ0) is 68.0. The average Bonchev–Trinajstić information content (AvgIpc) is 1.13. The van der Waals surface area contributed by atoms with Crippen LogP contribution in [0.1, 0.15) is 65.0 Å². The molecule has 3 aliphatic heterocycles. The summed E-state index contributed by atoms with van der Waals surface area (Å²) in [5, 5.41) is 5.54. The monoisotopic (exact) mass is 1390 g/mol. The Kier molecular flexibility index (Phi) is 21.4. The topological polar surface area (TPSA) is 235 Å². The fraction of sp³-hybridized carbons (Fsp3) is 0.294. The average molecular weight is 1390 g/mol. The van der Waals surface area contributed by atoms with Crippen molar-refractivity contribution in [3.8, 4) is 0 Å². The van der Waals surface area contributed by atoms with E-state index in [-0.39, 0.29) is 47.7 Å². The van der Waals surface area contributed by atoms with Crippen molar-refractivity contribution in [3.63, 3.8) is 0 Å². The minimum atomic E-state index is -3.65. The molecular formula is C68H69Cl3N10O12S2. The lowest BCUT2D eigenvalue weighted by Gasteiger charge is -2.37. The van der Waals surface area contributed by atoms with E-state index in [4.69, 9.17) is 44.3 Å². The number of fused-ring (bicyclic) bond motifs is 3. The number of sulfonamides is 1. The fourth-order valence-electron chi connectivity index (χ4n) is 12.0. The van der Waals surface area contributed by atoms with Crippen LogP contribution in [0, 0.1) is 0 Å². The van der Waals surface area contributed by atoms with Gasteiger partial charge in [-0.2, -0.15) is 0 Å². The van der Waals surface area contributed by atoms with Crippen molar-refractivity contribution in [1.82, 2.24) is 28.4 Å². The van der Waals surface area contributed by atoms with Crippen molar-refractivity contribution in [1.29, 1.82) is 0 Å². The molecule has 22 nitrogen and oxygen atoms in total. The van der Waals surface area contributed by atoms with Crippen molar-refractivity contribution in [2.75, 3.05) is 117 Å². The largest absolute Gasteiger partial charge is 0.462 e. The Morgan fingerprint density at radius 3 is 1.27 bits per heavy atom. The predicted octanol–water partition coefficient (Wildman–Crippen LogP) is 9.25. The number of halogens is 3.